The van der Waals surface area contributed by atoms with Crippen molar-refractivity contribution in [2.75, 3.05) is 24.7 Å². The fraction of sp³-hybridized carbons (Fsp3) is 0.625. The molecule has 0 aliphatic heterocycles. The summed E-state index contributed by atoms with van der Waals surface area (Å²) in [7, 11) is 0. The number of hydrogen-bond acceptors (Lipinski definition) is 3. The van der Waals surface area contributed by atoms with Crippen molar-refractivity contribution in [1.82, 2.24) is 5.32 Å². The Kier molecular flexibility index (Phi) is 7.99. The standard InChI is InChI=1S/C16H27NOS/c1-5-9-17-14(4)15-8-7-13(3)12-16(15)18-10-11-19-6-2/h7-8,12,14,17H,5-6,9-11H2,1-4H3. The van der Waals surface area contributed by atoms with Crippen LogP contribution in [0.5, 0.6) is 5.75 Å². The van der Waals surface area contributed by atoms with E-state index in [2.05, 4.69) is 51.2 Å². The Morgan fingerprint density at radius 1 is 1.32 bits per heavy atom. The molecule has 0 saturated carbocycles. The van der Waals surface area contributed by atoms with Gasteiger partial charge in [-0.1, -0.05) is 26.0 Å². The average Bonchev–Trinajstić information content (AvgIpc) is 2.41. The second kappa shape index (κ2) is 9.27. The van der Waals surface area contributed by atoms with Crippen molar-refractivity contribution in [3.8, 4) is 5.75 Å². The number of aryl methyl sites for hydroxylation is 1. The van der Waals surface area contributed by atoms with E-state index < -0.39 is 0 Å². The molecular formula is C16H27NOS. The molecule has 0 bridgehead atoms. The third-order valence-electron chi connectivity index (χ3n) is 3.03. The Balaban J connectivity index is 2.67. The number of ether oxygens (including phenoxy) is 1. The summed E-state index contributed by atoms with van der Waals surface area (Å²) in [5.74, 6) is 3.24. The lowest BCUT2D eigenvalue weighted by Gasteiger charge is -2.18. The molecular weight excluding hydrogens is 254 g/mol. The van der Waals surface area contributed by atoms with Gasteiger partial charge in [0, 0.05) is 17.4 Å². The number of benzene rings is 1. The van der Waals surface area contributed by atoms with Crippen LogP contribution in [0.1, 0.15) is 44.4 Å². The molecule has 1 atom stereocenters. The largest absolute Gasteiger partial charge is 0.492 e. The first-order valence-corrected chi connectivity index (χ1v) is 8.39. The first kappa shape index (κ1) is 16.4. The third kappa shape index (κ3) is 5.87. The highest BCUT2D eigenvalue weighted by atomic mass is 32.2. The monoisotopic (exact) mass is 281 g/mol. The first-order valence-electron chi connectivity index (χ1n) is 7.23. The number of nitrogens with one attached hydrogen (secondary N) is 1. The highest BCUT2D eigenvalue weighted by Gasteiger charge is 2.11. The van der Waals surface area contributed by atoms with Gasteiger partial charge in [-0.05, 0) is 44.2 Å². The minimum Gasteiger partial charge on any atom is -0.492 e. The maximum absolute atomic E-state index is 5.96. The van der Waals surface area contributed by atoms with Crippen molar-refractivity contribution < 1.29 is 4.74 Å². The molecule has 1 N–H and O–H groups in total. The maximum atomic E-state index is 5.96. The van der Waals surface area contributed by atoms with Gasteiger partial charge in [-0.25, -0.2) is 0 Å². The Morgan fingerprint density at radius 2 is 2.11 bits per heavy atom. The molecule has 0 spiro atoms. The molecule has 19 heavy (non-hydrogen) atoms. The van der Waals surface area contributed by atoms with Crippen molar-refractivity contribution >= 4 is 11.8 Å². The Morgan fingerprint density at radius 3 is 2.79 bits per heavy atom. The molecule has 0 heterocycles. The van der Waals surface area contributed by atoms with Crippen molar-refractivity contribution in [2.24, 2.45) is 0 Å². The number of thioether (sulfide) groups is 1. The molecule has 3 heteroatoms. The van der Waals surface area contributed by atoms with Crippen molar-refractivity contribution in [3.05, 3.63) is 29.3 Å². The van der Waals surface area contributed by atoms with Gasteiger partial charge in [-0.2, -0.15) is 11.8 Å². The minimum atomic E-state index is 0.342. The predicted molar refractivity (Wildman–Crippen MR) is 86.4 cm³/mol. The summed E-state index contributed by atoms with van der Waals surface area (Å²) < 4.78 is 5.96. The Hall–Kier alpha value is -0.670. The van der Waals surface area contributed by atoms with Crippen molar-refractivity contribution in [3.63, 3.8) is 0 Å². The quantitative estimate of drug-likeness (QED) is 0.686. The van der Waals surface area contributed by atoms with Gasteiger partial charge < -0.3 is 10.1 Å². The summed E-state index contributed by atoms with van der Waals surface area (Å²) >= 11 is 1.92. The van der Waals surface area contributed by atoms with Crippen molar-refractivity contribution in [1.29, 1.82) is 0 Å². The van der Waals surface area contributed by atoms with Crippen molar-refractivity contribution in [2.45, 2.75) is 40.2 Å². The molecule has 0 aliphatic carbocycles. The molecule has 0 amide bonds. The summed E-state index contributed by atoms with van der Waals surface area (Å²) in [6.07, 6.45) is 1.15. The topological polar surface area (TPSA) is 21.3 Å². The van der Waals surface area contributed by atoms with E-state index in [0.29, 0.717) is 6.04 Å². The van der Waals surface area contributed by atoms with Gasteiger partial charge >= 0.3 is 0 Å². The van der Waals surface area contributed by atoms with Gasteiger partial charge in [0.05, 0.1) is 6.61 Å². The smallest absolute Gasteiger partial charge is 0.124 e. The first-order chi connectivity index (χ1) is 9.19. The summed E-state index contributed by atoms with van der Waals surface area (Å²) in [5.41, 5.74) is 2.52. The van der Waals surface area contributed by atoms with E-state index in [1.807, 2.05) is 11.8 Å². The van der Waals surface area contributed by atoms with Crippen LogP contribution in [0, 0.1) is 6.92 Å². The van der Waals surface area contributed by atoms with Crippen LogP contribution < -0.4 is 10.1 Å². The van der Waals surface area contributed by atoms with Crippen LogP contribution in [0.15, 0.2) is 18.2 Å². The Bertz CT molecular complexity index is 368. The lowest BCUT2D eigenvalue weighted by atomic mass is 10.0. The molecule has 0 radical (unpaired) electrons. The zero-order valence-electron chi connectivity index (χ0n) is 12.7. The molecule has 1 aromatic carbocycles. The molecule has 1 unspecified atom stereocenters. The fourth-order valence-electron chi connectivity index (χ4n) is 1.95. The fourth-order valence-corrected chi connectivity index (χ4v) is 2.44. The molecule has 0 saturated heterocycles. The normalized spacial score (nSPS) is 12.4. The van der Waals surface area contributed by atoms with Gasteiger partial charge in [0.1, 0.15) is 5.75 Å². The second-order valence-corrected chi connectivity index (χ2v) is 6.16. The van der Waals surface area contributed by atoms with Crippen LogP contribution >= 0.6 is 11.8 Å². The predicted octanol–water partition coefficient (Wildman–Crippen LogP) is 4.19. The molecule has 1 rings (SSSR count). The van der Waals surface area contributed by atoms with Crippen LogP contribution in [-0.2, 0) is 0 Å². The lowest BCUT2D eigenvalue weighted by Crippen LogP contribution is -2.20. The summed E-state index contributed by atoms with van der Waals surface area (Å²) in [4.78, 5) is 0. The molecule has 108 valence electrons. The third-order valence-corrected chi connectivity index (χ3v) is 3.89. The maximum Gasteiger partial charge on any atom is 0.124 e. The lowest BCUT2D eigenvalue weighted by molar-refractivity contribution is 0.335. The summed E-state index contributed by atoms with van der Waals surface area (Å²) in [5, 5.41) is 3.52. The highest BCUT2D eigenvalue weighted by Crippen LogP contribution is 2.26. The van der Waals surface area contributed by atoms with E-state index in [1.54, 1.807) is 0 Å². The zero-order chi connectivity index (χ0) is 14.1. The molecule has 0 aromatic heterocycles. The van der Waals surface area contributed by atoms with E-state index in [1.165, 1.54) is 11.1 Å². The van der Waals surface area contributed by atoms with Crippen LogP contribution in [0.4, 0.5) is 0 Å². The highest BCUT2D eigenvalue weighted by molar-refractivity contribution is 7.99. The van der Waals surface area contributed by atoms with E-state index >= 15 is 0 Å². The van der Waals surface area contributed by atoms with Gasteiger partial charge in [-0.15, -0.1) is 0 Å². The SMILES string of the molecule is CCCNC(C)c1ccc(C)cc1OCCSCC. The zero-order valence-corrected chi connectivity index (χ0v) is 13.5. The molecule has 1 aromatic rings. The number of rotatable bonds is 9. The van der Waals surface area contributed by atoms with Crippen LogP contribution in [0.2, 0.25) is 0 Å². The van der Waals surface area contributed by atoms with Crippen LogP contribution in [0.25, 0.3) is 0 Å². The number of hydrogen-bond donors (Lipinski definition) is 1. The van der Waals surface area contributed by atoms with Gasteiger partial charge in [0.2, 0.25) is 0 Å². The van der Waals surface area contributed by atoms with Gasteiger partial charge in [0.25, 0.3) is 0 Å². The van der Waals surface area contributed by atoms with E-state index in [9.17, 15) is 0 Å². The van der Waals surface area contributed by atoms with Gasteiger partial charge in [0.15, 0.2) is 0 Å². The molecule has 2 nitrogen and oxygen atoms in total. The van der Waals surface area contributed by atoms with Crippen LogP contribution in [0.3, 0.4) is 0 Å². The van der Waals surface area contributed by atoms with E-state index in [-0.39, 0.29) is 0 Å². The van der Waals surface area contributed by atoms with Gasteiger partial charge in [-0.3, -0.25) is 0 Å². The molecule has 0 fully saturated rings. The minimum absolute atomic E-state index is 0.342. The second-order valence-electron chi connectivity index (χ2n) is 4.76. The van der Waals surface area contributed by atoms with Crippen LogP contribution in [-0.4, -0.2) is 24.7 Å². The van der Waals surface area contributed by atoms with E-state index in [0.717, 1.165) is 36.8 Å². The Labute approximate surface area is 122 Å². The summed E-state index contributed by atoms with van der Waals surface area (Å²) in [6, 6.07) is 6.84. The van der Waals surface area contributed by atoms with E-state index in [4.69, 9.17) is 4.74 Å². The average molecular weight is 281 g/mol. The molecule has 0 aliphatic rings. The summed E-state index contributed by atoms with van der Waals surface area (Å²) in [6.45, 7) is 10.5.